The zero-order valence-corrected chi connectivity index (χ0v) is 25.7. The lowest BCUT2D eigenvalue weighted by Crippen LogP contribution is -1.99. The standard InChI is InChI=1S/C35H72/c1-5-7-9-10-11-12-13-14-15-16-17-18-19-20-21-22-23-24-25-26-28-31-35(4)33-29-32-34(3)30-27-8-6-2/h34-35H,5-33H2,1-4H3. The monoisotopic (exact) mass is 493 g/mol. The molecule has 0 aromatic rings. The number of unbranched alkanes of at least 4 members (excludes halogenated alkanes) is 22. The van der Waals surface area contributed by atoms with Gasteiger partial charge in [-0.15, -0.1) is 0 Å². The summed E-state index contributed by atoms with van der Waals surface area (Å²) in [6.07, 6.45) is 42.7. The predicted octanol–water partition coefficient (Wildman–Crippen LogP) is 13.6. The third-order valence-electron chi connectivity index (χ3n) is 8.49. The van der Waals surface area contributed by atoms with Gasteiger partial charge in [0, 0.05) is 0 Å². The minimum atomic E-state index is 0.957. The Morgan fingerprint density at radius 1 is 0.257 bits per heavy atom. The van der Waals surface area contributed by atoms with Crippen LogP contribution in [0.4, 0.5) is 0 Å². The lowest BCUT2D eigenvalue weighted by atomic mass is 9.92. The van der Waals surface area contributed by atoms with Crippen molar-refractivity contribution >= 4 is 0 Å². The molecule has 0 heteroatoms. The molecule has 0 saturated heterocycles. The summed E-state index contributed by atoms with van der Waals surface area (Å²) in [6.45, 7) is 9.59. The molecule has 0 amide bonds. The molecule has 212 valence electrons. The van der Waals surface area contributed by atoms with Gasteiger partial charge < -0.3 is 0 Å². The molecule has 2 atom stereocenters. The van der Waals surface area contributed by atoms with Crippen LogP contribution < -0.4 is 0 Å². The molecule has 0 aromatic heterocycles. The van der Waals surface area contributed by atoms with Crippen molar-refractivity contribution in [2.75, 3.05) is 0 Å². The van der Waals surface area contributed by atoms with Crippen LogP contribution in [0.5, 0.6) is 0 Å². The van der Waals surface area contributed by atoms with Crippen molar-refractivity contribution in [2.45, 2.75) is 214 Å². The lowest BCUT2D eigenvalue weighted by molar-refractivity contribution is 0.392. The third kappa shape index (κ3) is 30.1. The predicted molar refractivity (Wildman–Crippen MR) is 164 cm³/mol. The highest BCUT2D eigenvalue weighted by molar-refractivity contribution is 4.59. The van der Waals surface area contributed by atoms with Gasteiger partial charge in [0.25, 0.3) is 0 Å². The zero-order valence-electron chi connectivity index (χ0n) is 25.7. The molecular weight excluding hydrogens is 420 g/mol. The van der Waals surface area contributed by atoms with Gasteiger partial charge in [0.05, 0.1) is 0 Å². The van der Waals surface area contributed by atoms with Gasteiger partial charge in [0.15, 0.2) is 0 Å². The van der Waals surface area contributed by atoms with Gasteiger partial charge in [-0.25, -0.2) is 0 Å². The van der Waals surface area contributed by atoms with Gasteiger partial charge in [0.2, 0.25) is 0 Å². The summed E-state index contributed by atoms with van der Waals surface area (Å²) in [5, 5.41) is 0. The third-order valence-corrected chi connectivity index (χ3v) is 8.49. The Morgan fingerprint density at radius 3 is 0.771 bits per heavy atom. The normalized spacial score (nSPS) is 13.4. The number of rotatable bonds is 30. The van der Waals surface area contributed by atoms with Crippen LogP contribution in [0.3, 0.4) is 0 Å². The van der Waals surface area contributed by atoms with Crippen molar-refractivity contribution in [1.29, 1.82) is 0 Å². The first-order chi connectivity index (χ1) is 17.2. The van der Waals surface area contributed by atoms with Crippen LogP contribution in [-0.2, 0) is 0 Å². The molecule has 0 spiro atoms. The van der Waals surface area contributed by atoms with Crippen molar-refractivity contribution in [1.82, 2.24) is 0 Å². The number of hydrogen-bond acceptors (Lipinski definition) is 0. The Bertz CT molecular complexity index is 359. The molecule has 0 bridgehead atoms. The first-order valence-electron chi connectivity index (χ1n) is 17.2. The van der Waals surface area contributed by atoms with Crippen LogP contribution in [-0.4, -0.2) is 0 Å². The van der Waals surface area contributed by atoms with Gasteiger partial charge in [-0.3, -0.25) is 0 Å². The minimum absolute atomic E-state index is 0.957. The van der Waals surface area contributed by atoms with E-state index in [1.807, 2.05) is 0 Å². The van der Waals surface area contributed by atoms with Gasteiger partial charge in [-0.2, -0.15) is 0 Å². The highest BCUT2D eigenvalue weighted by atomic mass is 14.1. The molecule has 0 fully saturated rings. The van der Waals surface area contributed by atoms with E-state index in [9.17, 15) is 0 Å². The van der Waals surface area contributed by atoms with Crippen molar-refractivity contribution in [3.63, 3.8) is 0 Å². The van der Waals surface area contributed by atoms with Crippen molar-refractivity contribution in [3.05, 3.63) is 0 Å². The van der Waals surface area contributed by atoms with Crippen LogP contribution in [0.25, 0.3) is 0 Å². The second-order valence-electron chi connectivity index (χ2n) is 12.5. The van der Waals surface area contributed by atoms with E-state index in [0.29, 0.717) is 0 Å². The summed E-state index contributed by atoms with van der Waals surface area (Å²) >= 11 is 0. The van der Waals surface area contributed by atoms with Crippen molar-refractivity contribution < 1.29 is 0 Å². The summed E-state index contributed by atoms with van der Waals surface area (Å²) < 4.78 is 0. The Kier molecular flexibility index (Phi) is 30.2. The van der Waals surface area contributed by atoms with Gasteiger partial charge in [0.1, 0.15) is 0 Å². The maximum absolute atomic E-state index is 2.50. The van der Waals surface area contributed by atoms with Crippen LogP contribution in [0.2, 0.25) is 0 Å². The molecule has 35 heavy (non-hydrogen) atoms. The fourth-order valence-corrected chi connectivity index (χ4v) is 5.77. The van der Waals surface area contributed by atoms with Crippen LogP contribution in [0.1, 0.15) is 214 Å². The van der Waals surface area contributed by atoms with Gasteiger partial charge in [-0.05, 0) is 11.8 Å². The summed E-state index contributed by atoms with van der Waals surface area (Å²) in [4.78, 5) is 0. The summed E-state index contributed by atoms with van der Waals surface area (Å²) in [5.74, 6) is 1.91. The highest BCUT2D eigenvalue weighted by Gasteiger charge is 2.06. The molecule has 0 nitrogen and oxygen atoms in total. The smallest absolute Gasteiger partial charge is 0.0443 e. The molecule has 0 N–H and O–H groups in total. The average Bonchev–Trinajstić information content (AvgIpc) is 2.85. The van der Waals surface area contributed by atoms with Crippen LogP contribution >= 0.6 is 0 Å². The van der Waals surface area contributed by atoms with E-state index in [2.05, 4.69) is 27.7 Å². The SMILES string of the molecule is CCCCCCCCCCCCCCCCCCCCCCCC(C)CCCC(C)CCCCC. The van der Waals surface area contributed by atoms with E-state index in [1.165, 1.54) is 186 Å². The molecule has 2 unspecified atom stereocenters. The summed E-state index contributed by atoms with van der Waals surface area (Å²) in [7, 11) is 0. The molecule has 0 aromatic carbocycles. The maximum Gasteiger partial charge on any atom is -0.0443 e. The second-order valence-corrected chi connectivity index (χ2v) is 12.5. The van der Waals surface area contributed by atoms with Gasteiger partial charge >= 0.3 is 0 Å². The molecule has 0 aliphatic rings. The average molecular weight is 493 g/mol. The van der Waals surface area contributed by atoms with Crippen LogP contribution in [0.15, 0.2) is 0 Å². The Morgan fingerprint density at radius 2 is 0.457 bits per heavy atom. The van der Waals surface area contributed by atoms with E-state index in [1.54, 1.807) is 0 Å². The fourth-order valence-electron chi connectivity index (χ4n) is 5.77. The fraction of sp³-hybridized carbons (Fsp3) is 1.00. The van der Waals surface area contributed by atoms with E-state index < -0.39 is 0 Å². The first kappa shape index (κ1) is 35.0. The Balaban J connectivity index is 3.16. The van der Waals surface area contributed by atoms with Crippen LogP contribution in [0, 0.1) is 11.8 Å². The zero-order chi connectivity index (χ0) is 25.7. The van der Waals surface area contributed by atoms with Crippen molar-refractivity contribution in [2.24, 2.45) is 11.8 Å². The Hall–Kier alpha value is 0. The van der Waals surface area contributed by atoms with Gasteiger partial charge in [-0.1, -0.05) is 214 Å². The first-order valence-corrected chi connectivity index (χ1v) is 17.2. The van der Waals surface area contributed by atoms with Crippen molar-refractivity contribution in [3.8, 4) is 0 Å². The molecule has 0 rings (SSSR count). The Labute approximate surface area is 225 Å². The molecular formula is C35H72. The van der Waals surface area contributed by atoms with E-state index in [4.69, 9.17) is 0 Å². The second kappa shape index (κ2) is 30.2. The highest BCUT2D eigenvalue weighted by Crippen LogP contribution is 2.21. The minimum Gasteiger partial charge on any atom is -0.0654 e. The summed E-state index contributed by atoms with van der Waals surface area (Å²) in [6, 6.07) is 0. The molecule has 0 aliphatic heterocycles. The van der Waals surface area contributed by atoms with E-state index >= 15 is 0 Å². The quantitative estimate of drug-likeness (QED) is 0.0874. The summed E-state index contributed by atoms with van der Waals surface area (Å²) in [5.41, 5.74) is 0. The van der Waals surface area contributed by atoms with E-state index in [-0.39, 0.29) is 0 Å². The number of hydrogen-bond donors (Lipinski definition) is 0. The van der Waals surface area contributed by atoms with E-state index in [0.717, 1.165) is 11.8 Å². The molecule has 0 heterocycles. The molecule has 0 radical (unpaired) electrons. The largest absolute Gasteiger partial charge is 0.0654 e. The topological polar surface area (TPSA) is 0 Å². The molecule has 0 saturated carbocycles. The maximum atomic E-state index is 2.50. The lowest BCUT2D eigenvalue weighted by Gasteiger charge is -2.14. The molecule has 0 aliphatic carbocycles.